The Morgan fingerprint density at radius 2 is 1.40 bits per heavy atom. The number of fused-ring (bicyclic) bond motifs is 1. The van der Waals surface area contributed by atoms with Crippen LogP contribution < -0.4 is 4.90 Å². The van der Waals surface area contributed by atoms with Crippen LogP contribution in [0.5, 0.6) is 0 Å². The highest BCUT2D eigenvalue weighted by Gasteiger charge is 2.56. The first-order chi connectivity index (χ1) is 9.66. The number of rotatable bonds is 1. The molecule has 1 saturated heterocycles. The Labute approximate surface area is 118 Å². The summed E-state index contributed by atoms with van der Waals surface area (Å²) in [4.78, 5) is 26.8. The Hall–Kier alpha value is -1.90. The maximum Gasteiger partial charge on any atom is 0.238 e. The summed E-state index contributed by atoms with van der Waals surface area (Å²) >= 11 is 0. The summed E-state index contributed by atoms with van der Waals surface area (Å²) in [6.07, 6.45) is 6.39. The molecule has 1 aromatic rings. The Morgan fingerprint density at radius 1 is 0.900 bits per heavy atom. The minimum atomic E-state index is -0.118. The molecule has 1 heterocycles. The lowest BCUT2D eigenvalue weighted by atomic mass is 9.63. The van der Waals surface area contributed by atoms with Crippen molar-refractivity contribution in [2.24, 2.45) is 23.7 Å². The summed E-state index contributed by atoms with van der Waals surface area (Å²) in [7, 11) is 0. The lowest BCUT2D eigenvalue weighted by Crippen LogP contribution is -2.38. The van der Waals surface area contributed by atoms with Crippen LogP contribution in [0.1, 0.15) is 18.4 Å². The van der Waals surface area contributed by atoms with Gasteiger partial charge < -0.3 is 0 Å². The molecule has 3 aliphatic carbocycles. The van der Waals surface area contributed by atoms with Crippen LogP contribution in [0.4, 0.5) is 5.69 Å². The third-order valence-corrected chi connectivity index (χ3v) is 5.05. The Kier molecular flexibility index (Phi) is 2.40. The molecule has 20 heavy (non-hydrogen) atoms. The van der Waals surface area contributed by atoms with Crippen LogP contribution in [0, 0.1) is 30.6 Å². The molecule has 4 aliphatic rings. The summed E-state index contributed by atoms with van der Waals surface area (Å²) < 4.78 is 0. The minimum absolute atomic E-state index is 0.00269. The predicted molar refractivity (Wildman–Crippen MR) is 76.0 cm³/mol. The van der Waals surface area contributed by atoms with Gasteiger partial charge in [-0.1, -0.05) is 29.8 Å². The van der Waals surface area contributed by atoms with Crippen LogP contribution >= 0.6 is 0 Å². The van der Waals surface area contributed by atoms with Crippen LogP contribution in [0.2, 0.25) is 0 Å². The van der Waals surface area contributed by atoms with Crippen LogP contribution in [-0.2, 0) is 9.59 Å². The van der Waals surface area contributed by atoms with E-state index in [2.05, 4.69) is 12.2 Å². The highest BCUT2D eigenvalue weighted by atomic mass is 16.2. The van der Waals surface area contributed by atoms with Gasteiger partial charge in [0.1, 0.15) is 0 Å². The van der Waals surface area contributed by atoms with Gasteiger partial charge in [0, 0.05) is 0 Å². The molecule has 3 nitrogen and oxygen atoms in total. The third kappa shape index (κ3) is 1.46. The number of allylic oxidation sites excluding steroid dienone is 2. The van der Waals surface area contributed by atoms with Gasteiger partial charge in [0.15, 0.2) is 0 Å². The highest BCUT2D eigenvalue weighted by molar-refractivity contribution is 6.22. The number of imide groups is 1. The van der Waals surface area contributed by atoms with E-state index in [1.807, 2.05) is 31.2 Å². The highest BCUT2D eigenvalue weighted by Crippen LogP contribution is 2.50. The van der Waals surface area contributed by atoms with Crippen LogP contribution in [0.25, 0.3) is 0 Å². The van der Waals surface area contributed by atoms with Crippen molar-refractivity contribution in [3.8, 4) is 0 Å². The second-order valence-corrected chi connectivity index (χ2v) is 6.19. The lowest BCUT2D eigenvalue weighted by molar-refractivity contribution is -0.124. The van der Waals surface area contributed by atoms with Gasteiger partial charge in [-0.2, -0.15) is 0 Å². The maximum absolute atomic E-state index is 12.7. The number of benzene rings is 1. The Morgan fingerprint density at radius 3 is 1.85 bits per heavy atom. The number of aryl methyl sites for hydroxylation is 1. The van der Waals surface area contributed by atoms with Crippen molar-refractivity contribution in [3.63, 3.8) is 0 Å². The smallest absolute Gasteiger partial charge is 0.238 e. The first-order valence-electron chi connectivity index (χ1n) is 7.29. The van der Waals surface area contributed by atoms with Crippen molar-refractivity contribution in [1.82, 2.24) is 0 Å². The Balaban J connectivity index is 1.75. The molecule has 0 N–H and O–H groups in total. The second kappa shape index (κ2) is 4.05. The van der Waals surface area contributed by atoms with E-state index in [1.165, 1.54) is 4.90 Å². The third-order valence-electron chi connectivity index (χ3n) is 5.05. The summed E-state index contributed by atoms with van der Waals surface area (Å²) in [5.41, 5.74) is 1.85. The average molecular weight is 267 g/mol. The van der Waals surface area contributed by atoms with Crippen molar-refractivity contribution in [2.75, 3.05) is 4.90 Å². The van der Waals surface area contributed by atoms with Gasteiger partial charge in [0.2, 0.25) is 11.8 Å². The molecule has 2 fully saturated rings. The number of carbonyl (C=O) groups excluding carboxylic acids is 2. The SMILES string of the molecule is Cc1ccc(N2C(=O)C3C4C=CC(CC4)C3C2=O)cc1. The van der Waals surface area contributed by atoms with E-state index in [0.717, 1.165) is 24.1 Å². The molecule has 1 aromatic carbocycles. The van der Waals surface area contributed by atoms with Crippen LogP contribution in [-0.4, -0.2) is 11.8 Å². The first-order valence-corrected chi connectivity index (χ1v) is 7.29. The van der Waals surface area contributed by atoms with E-state index in [0.29, 0.717) is 0 Å². The van der Waals surface area contributed by atoms with Crippen LogP contribution in [0.3, 0.4) is 0 Å². The molecular weight excluding hydrogens is 250 g/mol. The normalized spacial score (nSPS) is 34.8. The van der Waals surface area contributed by atoms with Gasteiger partial charge in [-0.25, -0.2) is 0 Å². The zero-order valence-corrected chi connectivity index (χ0v) is 11.5. The maximum atomic E-state index is 12.7. The summed E-state index contributed by atoms with van der Waals surface area (Å²) in [5.74, 6) is 0.291. The number of carbonyl (C=O) groups is 2. The van der Waals surface area contributed by atoms with Crippen molar-refractivity contribution in [3.05, 3.63) is 42.0 Å². The van der Waals surface area contributed by atoms with Crippen molar-refractivity contribution in [1.29, 1.82) is 0 Å². The van der Waals surface area contributed by atoms with E-state index in [-0.39, 0.29) is 35.5 Å². The fourth-order valence-electron chi connectivity index (χ4n) is 4.02. The largest absolute Gasteiger partial charge is 0.274 e. The molecule has 5 rings (SSSR count). The minimum Gasteiger partial charge on any atom is -0.274 e. The zero-order valence-electron chi connectivity index (χ0n) is 11.5. The molecule has 1 saturated carbocycles. The van der Waals surface area contributed by atoms with E-state index in [9.17, 15) is 9.59 Å². The van der Waals surface area contributed by atoms with Gasteiger partial charge in [-0.15, -0.1) is 0 Å². The van der Waals surface area contributed by atoms with Crippen LogP contribution in [0.15, 0.2) is 36.4 Å². The molecule has 4 atom stereocenters. The average Bonchev–Trinajstić information content (AvgIpc) is 2.76. The molecule has 0 radical (unpaired) electrons. The quantitative estimate of drug-likeness (QED) is 0.579. The van der Waals surface area contributed by atoms with Gasteiger partial charge in [-0.05, 0) is 43.7 Å². The summed E-state index contributed by atoms with van der Waals surface area (Å²) in [6, 6.07) is 7.64. The zero-order chi connectivity index (χ0) is 13.9. The van der Waals surface area contributed by atoms with Crippen molar-refractivity contribution >= 4 is 17.5 Å². The topological polar surface area (TPSA) is 37.4 Å². The summed E-state index contributed by atoms with van der Waals surface area (Å²) in [5, 5.41) is 0. The van der Waals surface area contributed by atoms with E-state index >= 15 is 0 Å². The predicted octanol–water partition coefficient (Wildman–Crippen LogP) is 2.70. The van der Waals surface area contributed by atoms with Gasteiger partial charge in [-0.3, -0.25) is 14.5 Å². The van der Waals surface area contributed by atoms with E-state index in [1.54, 1.807) is 0 Å². The molecule has 102 valence electrons. The second-order valence-electron chi connectivity index (χ2n) is 6.19. The molecule has 0 spiro atoms. The number of amides is 2. The standard InChI is InChI=1S/C17H17NO2/c1-10-2-8-13(9-3-10)18-16(19)14-11-4-5-12(7-6-11)15(14)17(18)20/h2-5,8-9,11-12,14-15H,6-7H2,1H3. The summed E-state index contributed by atoms with van der Waals surface area (Å²) in [6.45, 7) is 2.00. The molecule has 4 unspecified atom stereocenters. The van der Waals surface area contributed by atoms with Crippen molar-refractivity contribution < 1.29 is 9.59 Å². The Bertz CT molecular complexity index is 584. The first kappa shape index (κ1) is 11.9. The number of anilines is 1. The fraction of sp³-hybridized carbons (Fsp3) is 0.412. The van der Waals surface area contributed by atoms with Gasteiger partial charge in [0.25, 0.3) is 0 Å². The monoisotopic (exact) mass is 267 g/mol. The van der Waals surface area contributed by atoms with E-state index in [4.69, 9.17) is 0 Å². The van der Waals surface area contributed by atoms with Gasteiger partial charge >= 0.3 is 0 Å². The molecule has 3 heteroatoms. The molecule has 0 aromatic heterocycles. The molecular formula is C17H17NO2. The lowest BCUT2D eigenvalue weighted by Gasteiger charge is -2.38. The fourth-order valence-corrected chi connectivity index (χ4v) is 4.02. The van der Waals surface area contributed by atoms with Crippen molar-refractivity contribution in [2.45, 2.75) is 19.8 Å². The molecule has 2 bridgehead atoms. The van der Waals surface area contributed by atoms with E-state index < -0.39 is 0 Å². The number of nitrogens with zero attached hydrogens (tertiary/aromatic N) is 1. The molecule has 1 aliphatic heterocycles. The van der Waals surface area contributed by atoms with Gasteiger partial charge in [0.05, 0.1) is 17.5 Å². The molecule has 2 amide bonds. The number of hydrogen-bond donors (Lipinski definition) is 0. The number of hydrogen-bond acceptors (Lipinski definition) is 2.